The van der Waals surface area contributed by atoms with E-state index in [1.54, 1.807) is 0 Å². The highest BCUT2D eigenvalue weighted by molar-refractivity contribution is 6.03. The van der Waals surface area contributed by atoms with Gasteiger partial charge in [0.2, 0.25) is 0 Å². The molecule has 0 aliphatic carbocycles. The minimum absolute atomic E-state index is 0.0762. The predicted molar refractivity (Wildman–Crippen MR) is 78.0 cm³/mol. The Bertz CT molecular complexity index is 658. The molecule has 0 saturated carbocycles. The summed E-state index contributed by atoms with van der Waals surface area (Å²) in [5.41, 5.74) is 0.0526. The van der Waals surface area contributed by atoms with Crippen LogP contribution in [0.25, 0.3) is 0 Å². The highest BCUT2D eigenvalue weighted by Gasteiger charge is 2.27. The van der Waals surface area contributed by atoms with Gasteiger partial charge in [0, 0.05) is 11.1 Å². The number of carbonyl (C=O) groups is 3. The van der Waals surface area contributed by atoms with Crippen LogP contribution in [0.3, 0.4) is 0 Å². The Morgan fingerprint density at radius 1 is 1.35 bits per heavy atom. The molecule has 1 atom stereocenters. The number of ether oxygens (including phenoxy) is 3. The van der Waals surface area contributed by atoms with Crippen LogP contribution < -0.4 is 0 Å². The zero-order valence-electron chi connectivity index (χ0n) is 12.5. The van der Waals surface area contributed by atoms with Gasteiger partial charge < -0.3 is 19.3 Å². The first-order valence-electron chi connectivity index (χ1n) is 6.86. The van der Waals surface area contributed by atoms with Crippen LogP contribution in [0, 0.1) is 0 Å². The molecular weight excluding hydrogens is 304 g/mol. The van der Waals surface area contributed by atoms with Gasteiger partial charge in [-0.1, -0.05) is 18.7 Å². The molecule has 0 radical (unpaired) electrons. The summed E-state index contributed by atoms with van der Waals surface area (Å²) >= 11 is 0. The van der Waals surface area contributed by atoms with Crippen LogP contribution in [0.15, 0.2) is 30.4 Å². The molecule has 1 aromatic rings. The lowest BCUT2D eigenvalue weighted by Gasteiger charge is -2.11. The molecule has 0 amide bonds. The summed E-state index contributed by atoms with van der Waals surface area (Å²) < 4.78 is 14.9. The molecule has 2 rings (SSSR count). The minimum atomic E-state index is -1.30. The summed E-state index contributed by atoms with van der Waals surface area (Å²) in [6.07, 6.45) is -0.119. The van der Waals surface area contributed by atoms with E-state index in [4.69, 9.17) is 14.2 Å². The molecule has 23 heavy (non-hydrogen) atoms. The average Bonchev–Trinajstić information content (AvgIpc) is 3.33. The Morgan fingerprint density at radius 2 is 2.04 bits per heavy atom. The van der Waals surface area contributed by atoms with Crippen molar-refractivity contribution in [2.45, 2.75) is 19.6 Å². The lowest BCUT2D eigenvalue weighted by atomic mass is 10.0. The standard InChI is InChI=1S/C16H16O7/c1-9(2)15(19)22-6-10-4-3-5-12(13(10)14(17)18)16(20)23-8-11-7-21-11/h3-5,11H,1,6-8H2,2H3,(H,17,18). The van der Waals surface area contributed by atoms with E-state index >= 15 is 0 Å². The number of aromatic carboxylic acids is 1. The molecule has 1 heterocycles. The van der Waals surface area contributed by atoms with Crippen molar-refractivity contribution in [3.05, 3.63) is 47.0 Å². The van der Waals surface area contributed by atoms with E-state index in [1.165, 1.54) is 25.1 Å². The van der Waals surface area contributed by atoms with Gasteiger partial charge in [0.15, 0.2) is 0 Å². The summed E-state index contributed by atoms with van der Waals surface area (Å²) in [6, 6.07) is 4.32. The average molecular weight is 320 g/mol. The summed E-state index contributed by atoms with van der Waals surface area (Å²) in [6.45, 7) is 5.24. The van der Waals surface area contributed by atoms with Crippen molar-refractivity contribution >= 4 is 17.9 Å². The van der Waals surface area contributed by atoms with Crippen molar-refractivity contribution in [3.63, 3.8) is 0 Å². The lowest BCUT2D eigenvalue weighted by molar-refractivity contribution is -0.140. The molecule has 1 N–H and O–H groups in total. The van der Waals surface area contributed by atoms with Gasteiger partial charge >= 0.3 is 17.9 Å². The third-order valence-electron chi connectivity index (χ3n) is 3.09. The number of epoxide rings is 1. The smallest absolute Gasteiger partial charge is 0.339 e. The third kappa shape index (κ3) is 4.40. The van der Waals surface area contributed by atoms with E-state index in [9.17, 15) is 19.5 Å². The minimum Gasteiger partial charge on any atom is -0.478 e. The number of carbonyl (C=O) groups excluding carboxylic acids is 2. The largest absolute Gasteiger partial charge is 0.478 e. The number of rotatable bonds is 7. The van der Waals surface area contributed by atoms with Crippen LogP contribution in [0.4, 0.5) is 0 Å². The first kappa shape index (κ1) is 16.7. The van der Waals surface area contributed by atoms with E-state index < -0.39 is 17.9 Å². The maximum atomic E-state index is 12.0. The van der Waals surface area contributed by atoms with Crippen LogP contribution in [0.5, 0.6) is 0 Å². The number of hydrogen-bond acceptors (Lipinski definition) is 6. The van der Waals surface area contributed by atoms with Crippen molar-refractivity contribution < 1.29 is 33.7 Å². The fourth-order valence-corrected chi connectivity index (χ4v) is 1.82. The van der Waals surface area contributed by atoms with Gasteiger partial charge in [-0.15, -0.1) is 0 Å². The maximum absolute atomic E-state index is 12.0. The first-order valence-corrected chi connectivity index (χ1v) is 6.86. The molecule has 0 aromatic heterocycles. The SMILES string of the molecule is C=C(C)C(=O)OCc1cccc(C(=O)OCC2CO2)c1C(=O)O. The summed E-state index contributed by atoms with van der Waals surface area (Å²) in [5.74, 6) is -2.70. The topological polar surface area (TPSA) is 102 Å². The predicted octanol–water partition coefficient (Wildman–Crippen LogP) is 1.56. The van der Waals surface area contributed by atoms with Crippen molar-refractivity contribution in [3.8, 4) is 0 Å². The molecule has 1 saturated heterocycles. The maximum Gasteiger partial charge on any atom is 0.339 e. The second kappa shape index (κ2) is 7.06. The number of carboxylic acid groups (broad SMARTS) is 1. The molecular formula is C16H16O7. The fraction of sp³-hybridized carbons (Fsp3) is 0.312. The number of carboxylic acids is 1. The van der Waals surface area contributed by atoms with Gasteiger partial charge in [-0.05, 0) is 13.0 Å². The summed E-state index contributed by atoms with van der Waals surface area (Å²) in [7, 11) is 0. The summed E-state index contributed by atoms with van der Waals surface area (Å²) in [4.78, 5) is 34.9. The highest BCUT2D eigenvalue weighted by atomic mass is 16.6. The van der Waals surface area contributed by atoms with Gasteiger partial charge in [0.25, 0.3) is 0 Å². The van der Waals surface area contributed by atoms with E-state index in [-0.39, 0.29) is 41.6 Å². The Hall–Kier alpha value is -2.67. The van der Waals surface area contributed by atoms with E-state index in [0.29, 0.717) is 6.61 Å². The second-order valence-electron chi connectivity index (χ2n) is 5.06. The third-order valence-corrected chi connectivity index (χ3v) is 3.09. The van der Waals surface area contributed by atoms with Crippen LogP contribution in [-0.4, -0.2) is 42.3 Å². The molecule has 0 spiro atoms. The molecule has 7 nitrogen and oxygen atoms in total. The lowest BCUT2D eigenvalue weighted by Crippen LogP contribution is -2.17. The molecule has 1 unspecified atom stereocenters. The number of esters is 2. The van der Waals surface area contributed by atoms with Gasteiger partial charge in [-0.2, -0.15) is 0 Å². The summed E-state index contributed by atoms with van der Waals surface area (Å²) in [5, 5.41) is 9.37. The first-order chi connectivity index (χ1) is 10.9. The van der Waals surface area contributed by atoms with Gasteiger partial charge in [-0.3, -0.25) is 0 Å². The van der Waals surface area contributed by atoms with Gasteiger partial charge in [0.05, 0.1) is 17.7 Å². The molecule has 1 aliphatic rings. The Morgan fingerprint density at radius 3 is 2.61 bits per heavy atom. The monoisotopic (exact) mass is 320 g/mol. The normalized spacial score (nSPS) is 15.6. The van der Waals surface area contributed by atoms with Crippen molar-refractivity contribution in [1.29, 1.82) is 0 Å². The second-order valence-corrected chi connectivity index (χ2v) is 5.06. The Kier molecular flexibility index (Phi) is 5.13. The molecule has 1 aromatic carbocycles. The molecule has 1 fully saturated rings. The van der Waals surface area contributed by atoms with Crippen LogP contribution in [-0.2, 0) is 25.6 Å². The highest BCUT2D eigenvalue weighted by Crippen LogP contribution is 2.19. The molecule has 1 aliphatic heterocycles. The fourth-order valence-electron chi connectivity index (χ4n) is 1.82. The molecule has 122 valence electrons. The molecule has 7 heteroatoms. The van der Waals surface area contributed by atoms with Crippen LogP contribution in [0.2, 0.25) is 0 Å². The Balaban J connectivity index is 2.19. The van der Waals surface area contributed by atoms with E-state index in [2.05, 4.69) is 6.58 Å². The quantitative estimate of drug-likeness (QED) is 0.462. The molecule has 0 bridgehead atoms. The van der Waals surface area contributed by atoms with E-state index in [0.717, 1.165) is 0 Å². The van der Waals surface area contributed by atoms with Crippen molar-refractivity contribution in [2.75, 3.05) is 13.2 Å². The van der Waals surface area contributed by atoms with Crippen molar-refractivity contribution in [2.24, 2.45) is 0 Å². The van der Waals surface area contributed by atoms with Crippen molar-refractivity contribution in [1.82, 2.24) is 0 Å². The van der Waals surface area contributed by atoms with Crippen LogP contribution >= 0.6 is 0 Å². The number of hydrogen-bond donors (Lipinski definition) is 1. The van der Waals surface area contributed by atoms with Gasteiger partial charge in [0.1, 0.15) is 19.3 Å². The number of benzene rings is 1. The zero-order chi connectivity index (χ0) is 17.0. The van der Waals surface area contributed by atoms with E-state index in [1.807, 2.05) is 0 Å². The van der Waals surface area contributed by atoms with Gasteiger partial charge in [-0.25, -0.2) is 14.4 Å². The Labute approximate surface area is 132 Å². The van der Waals surface area contributed by atoms with Crippen LogP contribution in [0.1, 0.15) is 33.2 Å². The zero-order valence-corrected chi connectivity index (χ0v) is 12.5.